The predicted octanol–water partition coefficient (Wildman–Crippen LogP) is 3.12. The van der Waals surface area contributed by atoms with Crippen LogP contribution in [0.2, 0.25) is 0 Å². The van der Waals surface area contributed by atoms with Gasteiger partial charge < -0.3 is 18.9 Å². The maximum absolute atomic E-state index is 6.02. The molecule has 2 aliphatic heterocycles. The number of nitrogens with zero attached hydrogens (tertiary/aromatic N) is 2. The van der Waals surface area contributed by atoms with E-state index in [1.54, 1.807) is 42.7 Å². The number of methoxy groups -OCH3 is 4. The van der Waals surface area contributed by atoms with Gasteiger partial charge in [-0.25, -0.2) is 10.1 Å². The normalized spacial score (nSPS) is 14.2. The fourth-order valence-electron chi connectivity index (χ4n) is 6.00. The maximum atomic E-state index is 6.02. The molecule has 6 rings (SSSR count). The Morgan fingerprint density at radius 1 is 0.410 bits per heavy atom. The van der Waals surface area contributed by atoms with Gasteiger partial charge in [-0.1, -0.05) is 0 Å². The van der Waals surface area contributed by atoms with Crippen LogP contribution in [0.15, 0.2) is 72.8 Å². The Labute approximate surface area is 228 Å². The van der Waals surface area contributed by atoms with Crippen LogP contribution in [0.3, 0.4) is 0 Å². The van der Waals surface area contributed by atoms with Gasteiger partial charge in [0.2, 0.25) is 0 Å². The summed E-state index contributed by atoms with van der Waals surface area (Å²) >= 11 is 0. The van der Waals surface area contributed by atoms with Crippen LogP contribution >= 0.6 is 0 Å². The van der Waals surface area contributed by atoms with Crippen LogP contribution in [0.1, 0.15) is 0 Å². The second-order valence-corrected chi connectivity index (χ2v) is 12.9. The van der Waals surface area contributed by atoms with Crippen LogP contribution in [0, 0.1) is 0 Å². The molecule has 0 fully saturated rings. The van der Waals surface area contributed by atoms with Crippen LogP contribution < -0.4 is 49.8 Å². The molecule has 9 heteroatoms. The van der Waals surface area contributed by atoms with E-state index in [0.717, 1.165) is 66.5 Å². The zero-order valence-corrected chi connectivity index (χ0v) is 23.8. The summed E-state index contributed by atoms with van der Waals surface area (Å²) in [6.07, 6.45) is 0. The molecule has 0 aromatic heterocycles. The number of benzene rings is 4. The van der Waals surface area contributed by atoms with E-state index in [2.05, 4.69) is 48.5 Å². The van der Waals surface area contributed by atoms with Crippen molar-refractivity contribution in [3.05, 3.63) is 72.8 Å². The number of anilines is 4. The Morgan fingerprint density at radius 2 is 0.667 bits per heavy atom. The highest BCUT2D eigenvalue weighted by Crippen LogP contribution is 2.41. The lowest BCUT2D eigenvalue weighted by molar-refractivity contribution is 0.201. The Kier molecular flexibility index (Phi) is 6.14. The van der Waals surface area contributed by atoms with Crippen molar-refractivity contribution in [1.82, 2.24) is 0 Å². The maximum Gasteiger partial charge on any atom is 0.189 e. The third kappa shape index (κ3) is 3.44. The van der Waals surface area contributed by atoms with Gasteiger partial charge in [-0.3, -0.25) is 9.68 Å². The Balaban J connectivity index is 1.88. The minimum atomic E-state index is -3.12. The molecule has 1 spiro atoms. The van der Waals surface area contributed by atoms with Gasteiger partial charge in [-0.2, -0.15) is 0 Å². The molecule has 0 amide bonds. The predicted molar refractivity (Wildman–Crippen MR) is 155 cm³/mol. The molecule has 4 aromatic carbocycles. The van der Waals surface area contributed by atoms with E-state index in [9.17, 15) is 0 Å². The molecule has 0 N–H and O–H groups in total. The molecule has 0 atom stereocenters. The van der Waals surface area contributed by atoms with Crippen molar-refractivity contribution in [1.29, 1.82) is 0 Å². The summed E-state index contributed by atoms with van der Waals surface area (Å²) in [7, 11) is 6.99. The highest BCUT2D eigenvalue weighted by Gasteiger charge is 2.55. The molecule has 0 saturated carbocycles. The highest BCUT2D eigenvalue weighted by molar-refractivity contribution is 7.23. The van der Waals surface area contributed by atoms with Gasteiger partial charge in [0.1, 0.15) is 23.0 Å². The fraction of sp³-hybridized carbons (Fsp3) is 0.200. The molecular weight excluding hydrogens is 512 g/mol. The molecular formula is C30H30N2O6Si. The zero-order valence-electron chi connectivity index (χ0n) is 22.8. The third-order valence-electron chi connectivity index (χ3n) is 7.67. The number of ether oxygens (including phenoxy) is 4. The lowest BCUT2D eigenvalue weighted by atomic mass is 10.2. The largest absolute Gasteiger partial charge is 0.497 e. The molecule has 2 heterocycles. The van der Waals surface area contributed by atoms with E-state index in [4.69, 9.17) is 28.6 Å². The summed E-state index contributed by atoms with van der Waals surface area (Å²) in [6, 6.07) is 24.6. The van der Waals surface area contributed by atoms with Crippen LogP contribution in [-0.2, 0) is 9.68 Å². The van der Waals surface area contributed by atoms with Crippen molar-refractivity contribution >= 4 is 51.6 Å². The summed E-state index contributed by atoms with van der Waals surface area (Å²) < 4.78 is 23.1. The summed E-state index contributed by atoms with van der Waals surface area (Å²) in [5.41, 5.74) is 3.76. The molecule has 39 heavy (non-hydrogen) atoms. The number of fused-ring (bicyclic) bond motifs is 8. The fourth-order valence-corrected chi connectivity index (χ4v) is 11.5. The van der Waals surface area contributed by atoms with E-state index in [1.165, 1.54) is 0 Å². The minimum absolute atomic E-state index is 0.756. The monoisotopic (exact) mass is 542 g/mol. The van der Waals surface area contributed by atoms with Crippen molar-refractivity contribution in [2.75, 3.05) is 52.8 Å². The molecule has 200 valence electrons. The third-order valence-corrected chi connectivity index (χ3v) is 12.5. The first-order valence-corrected chi connectivity index (χ1v) is 14.5. The molecule has 2 aliphatic rings. The highest BCUT2D eigenvalue weighted by atomic mass is 28.3. The molecule has 0 unspecified atom stereocenters. The summed E-state index contributed by atoms with van der Waals surface area (Å²) in [5, 5.41) is 8.16. The number of hydrogen-bond donors (Lipinski definition) is 0. The van der Waals surface area contributed by atoms with Crippen molar-refractivity contribution in [3.63, 3.8) is 0 Å². The van der Waals surface area contributed by atoms with Crippen molar-refractivity contribution < 1.29 is 28.6 Å². The second-order valence-electron chi connectivity index (χ2n) is 9.24. The van der Waals surface area contributed by atoms with Crippen molar-refractivity contribution in [2.24, 2.45) is 0 Å². The zero-order chi connectivity index (χ0) is 27.3. The first kappa shape index (κ1) is 25.1. The molecule has 4 aromatic rings. The Bertz CT molecular complexity index is 1340. The van der Waals surface area contributed by atoms with Crippen molar-refractivity contribution in [2.45, 2.75) is 0 Å². The lowest BCUT2D eigenvalue weighted by Crippen LogP contribution is -2.79. The van der Waals surface area contributed by atoms with Gasteiger partial charge in [0, 0.05) is 0 Å². The lowest BCUT2D eigenvalue weighted by Gasteiger charge is -2.48. The Morgan fingerprint density at radius 3 is 0.872 bits per heavy atom. The minimum Gasteiger partial charge on any atom is -0.497 e. The molecule has 0 aliphatic carbocycles. The second kappa shape index (κ2) is 9.53. The van der Waals surface area contributed by atoms with Gasteiger partial charge in [0.15, 0.2) is 8.07 Å². The van der Waals surface area contributed by atoms with Gasteiger partial charge in [-0.15, -0.1) is 0 Å². The topological polar surface area (TPSA) is 61.9 Å². The molecule has 8 nitrogen and oxygen atoms in total. The van der Waals surface area contributed by atoms with E-state index < -0.39 is 8.07 Å². The van der Waals surface area contributed by atoms with Crippen LogP contribution in [0.25, 0.3) is 0 Å². The number of rotatable bonds is 6. The molecule has 0 bridgehead atoms. The van der Waals surface area contributed by atoms with Gasteiger partial charge >= 0.3 is 0 Å². The van der Waals surface area contributed by atoms with Crippen LogP contribution in [0.5, 0.6) is 23.0 Å². The number of hydrogen-bond acceptors (Lipinski definition) is 8. The smallest absolute Gasteiger partial charge is 0.189 e. The summed E-state index contributed by atoms with van der Waals surface area (Å²) in [4.78, 5) is 12.0. The van der Waals surface area contributed by atoms with Gasteiger partial charge in [0.05, 0.1) is 65.4 Å². The van der Waals surface area contributed by atoms with Crippen LogP contribution in [-0.4, -0.2) is 50.7 Å². The van der Waals surface area contributed by atoms with Gasteiger partial charge in [-0.05, 0) is 93.5 Å². The quantitative estimate of drug-likeness (QED) is 0.345. The van der Waals surface area contributed by atoms with E-state index in [1.807, 2.05) is 34.4 Å². The van der Waals surface area contributed by atoms with Crippen molar-refractivity contribution in [3.8, 4) is 23.0 Å². The van der Waals surface area contributed by atoms with Crippen LogP contribution in [0.4, 0.5) is 22.7 Å². The van der Waals surface area contributed by atoms with E-state index in [0.29, 0.717) is 0 Å². The average molecular weight is 543 g/mol. The summed E-state index contributed by atoms with van der Waals surface area (Å²) in [5.74, 6) is 3.02. The Hall–Kier alpha value is -4.18. The van der Waals surface area contributed by atoms with Gasteiger partial charge in [0.25, 0.3) is 0 Å². The van der Waals surface area contributed by atoms with E-state index >= 15 is 0 Å². The SMILES string of the molecule is COc1ccc2c(c1)[Si]1(c3cc(OC)ccc3N2OC)c2cc(OC)ccc2N(OC)c2ccc(OC)cc21. The summed E-state index contributed by atoms with van der Waals surface area (Å²) in [6.45, 7) is 0. The average Bonchev–Trinajstić information content (AvgIpc) is 3.00. The first-order chi connectivity index (χ1) is 19.0. The standard InChI is InChI=1S/C30H30N2O6Si/c1-33-19-7-11-23-27(15-19)39(28-16-20(34-2)8-12-24(28)31(23)37-5)29-17-21(35-3)9-13-25(29)32(38-6)26-14-10-22(36-4)18-30(26)39/h7-18H,1-6H3. The first-order valence-electron chi connectivity index (χ1n) is 12.5. The molecule has 0 radical (unpaired) electrons. The molecule has 0 saturated heterocycles. The van der Waals surface area contributed by atoms with E-state index in [-0.39, 0.29) is 0 Å².